The first kappa shape index (κ1) is 16.5. The molecule has 6 heteroatoms. The summed E-state index contributed by atoms with van der Waals surface area (Å²) in [6, 6.07) is 9.38. The number of likely N-dealkylation sites (tertiary alicyclic amines) is 1. The third kappa shape index (κ3) is 3.59. The predicted molar refractivity (Wildman–Crippen MR) is 89.8 cm³/mol. The molecule has 0 spiro atoms. The first-order valence-electron chi connectivity index (χ1n) is 8.22. The van der Waals surface area contributed by atoms with Crippen molar-refractivity contribution >= 4 is 5.91 Å². The fourth-order valence-electron chi connectivity index (χ4n) is 3.08. The number of hydrogen-bond acceptors (Lipinski definition) is 4. The van der Waals surface area contributed by atoms with Crippen LogP contribution >= 0.6 is 0 Å². The van der Waals surface area contributed by atoms with Crippen LogP contribution in [0.1, 0.15) is 23.4 Å². The molecule has 0 saturated carbocycles. The van der Waals surface area contributed by atoms with Crippen LogP contribution in [0.2, 0.25) is 0 Å². The van der Waals surface area contributed by atoms with E-state index in [2.05, 4.69) is 10.2 Å². The van der Waals surface area contributed by atoms with Crippen LogP contribution in [0.5, 0.6) is 5.75 Å². The Hall–Kier alpha value is -2.34. The van der Waals surface area contributed by atoms with E-state index in [-0.39, 0.29) is 12.0 Å². The standard InChI is InChI=1S/C18H23N3O3/c1-12-15(13(2)20-19-12)8-9-18(23)21-10-16(22)17(11-21)24-14-6-4-3-5-7-14/h3-7,16-17,22H,8-11H2,1-2H3,(H,19,20)/t16-,17-/m1/s1. The Morgan fingerprint density at radius 1 is 1.33 bits per heavy atom. The maximum absolute atomic E-state index is 12.4. The molecule has 1 aliphatic heterocycles. The lowest BCUT2D eigenvalue weighted by atomic mass is 10.1. The summed E-state index contributed by atoms with van der Waals surface area (Å²) in [7, 11) is 0. The molecule has 1 amide bonds. The van der Waals surface area contributed by atoms with E-state index >= 15 is 0 Å². The normalized spacial score (nSPS) is 20.4. The Morgan fingerprint density at radius 2 is 2.08 bits per heavy atom. The lowest BCUT2D eigenvalue weighted by molar-refractivity contribution is -0.130. The van der Waals surface area contributed by atoms with Crippen LogP contribution in [-0.2, 0) is 11.2 Å². The van der Waals surface area contributed by atoms with Gasteiger partial charge in [-0.1, -0.05) is 18.2 Å². The van der Waals surface area contributed by atoms with Crippen molar-refractivity contribution in [3.05, 3.63) is 47.3 Å². The molecule has 2 aromatic rings. The number of hydrogen-bond donors (Lipinski definition) is 2. The number of aromatic amines is 1. The van der Waals surface area contributed by atoms with Gasteiger partial charge >= 0.3 is 0 Å². The number of carbonyl (C=O) groups is 1. The summed E-state index contributed by atoms with van der Waals surface area (Å²) in [4.78, 5) is 14.1. The molecule has 1 aliphatic rings. The minimum atomic E-state index is -0.661. The van der Waals surface area contributed by atoms with Crippen molar-refractivity contribution in [3.8, 4) is 5.75 Å². The van der Waals surface area contributed by atoms with Crippen LogP contribution in [0.15, 0.2) is 30.3 Å². The van der Waals surface area contributed by atoms with Gasteiger partial charge in [-0.2, -0.15) is 5.10 Å². The molecule has 1 fully saturated rings. The fourth-order valence-corrected chi connectivity index (χ4v) is 3.08. The molecule has 24 heavy (non-hydrogen) atoms. The third-order valence-corrected chi connectivity index (χ3v) is 4.49. The molecule has 1 aromatic carbocycles. The first-order valence-corrected chi connectivity index (χ1v) is 8.22. The smallest absolute Gasteiger partial charge is 0.223 e. The number of nitrogens with one attached hydrogen (secondary N) is 1. The number of aryl methyl sites for hydroxylation is 2. The van der Waals surface area contributed by atoms with Crippen molar-refractivity contribution in [3.63, 3.8) is 0 Å². The van der Waals surface area contributed by atoms with E-state index in [1.807, 2.05) is 44.2 Å². The van der Waals surface area contributed by atoms with Crippen LogP contribution in [-0.4, -0.2) is 51.4 Å². The summed E-state index contributed by atoms with van der Waals surface area (Å²) in [5, 5.41) is 17.3. The minimum absolute atomic E-state index is 0.0354. The predicted octanol–water partition coefficient (Wildman–Crippen LogP) is 1.61. The summed E-state index contributed by atoms with van der Waals surface area (Å²) in [5.41, 5.74) is 3.04. The topological polar surface area (TPSA) is 78.5 Å². The van der Waals surface area contributed by atoms with E-state index in [0.29, 0.717) is 31.7 Å². The number of ether oxygens (including phenoxy) is 1. The average Bonchev–Trinajstić information content (AvgIpc) is 3.09. The van der Waals surface area contributed by atoms with Crippen molar-refractivity contribution in [2.75, 3.05) is 13.1 Å². The highest BCUT2D eigenvalue weighted by atomic mass is 16.5. The van der Waals surface area contributed by atoms with Gasteiger partial charge in [0.2, 0.25) is 5.91 Å². The highest BCUT2D eigenvalue weighted by Gasteiger charge is 2.35. The summed E-state index contributed by atoms with van der Waals surface area (Å²) >= 11 is 0. The monoisotopic (exact) mass is 329 g/mol. The molecule has 1 saturated heterocycles. The lowest BCUT2D eigenvalue weighted by Crippen LogP contribution is -2.31. The highest BCUT2D eigenvalue weighted by molar-refractivity contribution is 5.77. The number of aliphatic hydroxyl groups excluding tert-OH is 1. The van der Waals surface area contributed by atoms with Gasteiger partial charge in [0.25, 0.3) is 0 Å². The largest absolute Gasteiger partial charge is 0.486 e. The van der Waals surface area contributed by atoms with Crippen LogP contribution < -0.4 is 4.74 Å². The Kier molecular flexibility index (Phi) is 4.85. The number of aliphatic hydroxyl groups is 1. The highest BCUT2D eigenvalue weighted by Crippen LogP contribution is 2.20. The SMILES string of the molecule is Cc1n[nH]c(C)c1CCC(=O)N1C[C@@H](O)[C@H](Oc2ccccc2)C1. The average molecular weight is 329 g/mol. The summed E-state index contributed by atoms with van der Waals surface area (Å²) in [5.74, 6) is 0.744. The van der Waals surface area contributed by atoms with Gasteiger partial charge in [0.05, 0.1) is 18.8 Å². The molecule has 0 unspecified atom stereocenters. The quantitative estimate of drug-likeness (QED) is 0.873. The second-order valence-corrected chi connectivity index (χ2v) is 6.25. The number of β-amino-alcohol motifs (C(OH)–C–C–N with tert-alkyl or cyclic N) is 1. The molecule has 6 nitrogen and oxygen atoms in total. The Balaban J connectivity index is 1.55. The third-order valence-electron chi connectivity index (χ3n) is 4.49. The van der Waals surface area contributed by atoms with E-state index in [9.17, 15) is 9.90 Å². The zero-order valence-corrected chi connectivity index (χ0v) is 14.0. The number of rotatable bonds is 5. The van der Waals surface area contributed by atoms with E-state index in [1.54, 1.807) is 4.90 Å². The molecular weight excluding hydrogens is 306 g/mol. The van der Waals surface area contributed by atoms with Gasteiger partial charge in [0.1, 0.15) is 18.0 Å². The van der Waals surface area contributed by atoms with Crippen LogP contribution in [0, 0.1) is 13.8 Å². The summed E-state index contributed by atoms with van der Waals surface area (Å²) in [6.07, 6.45) is 0.0239. The summed E-state index contributed by atoms with van der Waals surface area (Å²) in [6.45, 7) is 4.63. The number of amides is 1. The van der Waals surface area contributed by atoms with Gasteiger partial charge in [0, 0.05) is 12.1 Å². The number of carbonyl (C=O) groups excluding carboxylic acids is 1. The van der Waals surface area contributed by atoms with E-state index in [4.69, 9.17) is 4.74 Å². The zero-order chi connectivity index (χ0) is 17.1. The number of aromatic nitrogens is 2. The van der Waals surface area contributed by atoms with E-state index in [0.717, 1.165) is 17.0 Å². The number of para-hydroxylation sites is 1. The number of H-pyrrole nitrogens is 1. The Labute approximate surface area is 141 Å². The Morgan fingerprint density at radius 3 is 2.75 bits per heavy atom. The lowest BCUT2D eigenvalue weighted by Gasteiger charge is -2.17. The number of nitrogens with zero attached hydrogens (tertiary/aromatic N) is 2. The minimum Gasteiger partial charge on any atom is -0.486 e. The van der Waals surface area contributed by atoms with Gasteiger partial charge in [-0.3, -0.25) is 9.89 Å². The van der Waals surface area contributed by atoms with Crippen LogP contribution in [0.3, 0.4) is 0 Å². The van der Waals surface area contributed by atoms with Crippen molar-refractivity contribution in [2.24, 2.45) is 0 Å². The maximum Gasteiger partial charge on any atom is 0.223 e. The molecule has 2 heterocycles. The van der Waals surface area contributed by atoms with Crippen molar-refractivity contribution < 1.29 is 14.6 Å². The molecule has 0 radical (unpaired) electrons. The van der Waals surface area contributed by atoms with Crippen molar-refractivity contribution in [1.29, 1.82) is 0 Å². The second kappa shape index (κ2) is 7.05. The first-order chi connectivity index (χ1) is 11.5. The number of benzene rings is 1. The maximum atomic E-state index is 12.4. The molecule has 3 rings (SSSR count). The molecule has 0 aliphatic carbocycles. The molecular formula is C18H23N3O3. The van der Waals surface area contributed by atoms with E-state index in [1.165, 1.54) is 0 Å². The molecule has 0 bridgehead atoms. The van der Waals surface area contributed by atoms with E-state index < -0.39 is 6.10 Å². The van der Waals surface area contributed by atoms with Crippen molar-refractivity contribution in [1.82, 2.24) is 15.1 Å². The molecule has 2 atom stereocenters. The molecule has 128 valence electrons. The second-order valence-electron chi connectivity index (χ2n) is 6.25. The van der Waals surface area contributed by atoms with Crippen LogP contribution in [0.25, 0.3) is 0 Å². The van der Waals surface area contributed by atoms with Gasteiger partial charge in [-0.15, -0.1) is 0 Å². The fraction of sp³-hybridized carbons (Fsp3) is 0.444. The van der Waals surface area contributed by atoms with Gasteiger partial charge in [-0.05, 0) is 38.0 Å². The molecule has 2 N–H and O–H groups in total. The van der Waals surface area contributed by atoms with Gasteiger partial charge in [-0.25, -0.2) is 0 Å². The van der Waals surface area contributed by atoms with Gasteiger partial charge < -0.3 is 14.7 Å². The van der Waals surface area contributed by atoms with Crippen molar-refractivity contribution in [2.45, 2.75) is 38.9 Å². The Bertz CT molecular complexity index is 679. The molecule has 1 aromatic heterocycles. The summed E-state index contributed by atoms with van der Waals surface area (Å²) < 4.78 is 5.80. The zero-order valence-electron chi connectivity index (χ0n) is 14.0. The van der Waals surface area contributed by atoms with Gasteiger partial charge in [0.15, 0.2) is 0 Å². The van der Waals surface area contributed by atoms with Crippen LogP contribution in [0.4, 0.5) is 0 Å².